The van der Waals surface area contributed by atoms with Gasteiger partial charge in [0.2, 0.25) is 0 Å². The number of hydrogen-bond donors (Lipinski definition) is 1. The zero-order valence-electron chi connectivity index (χ0n) is 11.6. The summed E-state index contributed by atoms with van der Waals surface area (Å²) in [5.41, 5.74) is 1.25. The van der Waals surface area contributed by atoms with E-state index < -0.39 is 0 Å². The third-order valence-corrected chi connectivity index (χ3v) is 2.86. The molecule has 3 nitrogen and oxygen atoms in total. The maximum atomic E-state index is 8.95. The summed E-state index contributed by atoms with van der Waals surface area (Å²) in [7, 11) is 0. The molecule has 0 radical (unpaired) electrons. The normalized spacial score (nSPS) is 10.9. The Morgan fingerprint density at radius 1 is 1.11 bits per heavy atom. The van der Waals surface area contributed by atoms with Crippen LogP contribution in [-0.2, 0) is 0 Å². The van der Waals surface area contributed by atoms with Gasteiger partial charge < -0.3 is 14.7 Å². The molecule has 0 unspecified atom stereocenters. The highest BCUT2D eigenvalue weighted by atomic mass is 16.5. The maximum absolute atomic E-state index is 8.95. The SMILES string of the molecule is CCCN(CCO)CCCOc1ccc(C)cc1. The fourth-order valence-corrected chi connectivity index (χ4v) is 1.91. The van der Waals surface area contributed by atoms with Crippen molar-refractivity contribution < 1.29 is 9.84 Å². The van der Waals surface area contributed by atoms with Gasteiger partial charge in [0.25, 0.3) is 0 Å². The van der Waals surface area contributed by atoms with Crippen molar-refractivity contribution in [2.75, 3.05) is 32.8 Å². The summed E-state index contributed by atoms with van der Waals surface area (Å²) in [6.07, 6.45) is 2.12. The monoisotopic (exact) mass is 251 g/mol. The van der Waals surface area contributed by atoms with Gasteiger partial charge in [0, 0.05) is 13.1 Å². The van der Waals surface area contributed by atoms with Crippen LogP contribution in [0.2, 0.25) is 0 Å². The summed E-state index contributed by atoms with van der Waals surface area (Å²) in [6, 6.07) is 8.13. The molecule has 0 fully saturated rings. The zero-order chi connectivity index (χ0) is 13.2. The van der Waals surface area contributed by atoms with Crippen molar-refractivity contribution in [2.45, 2.75) is 26.7 Å². The fourth-order valence-electron chi connectivity index (χ4n) is 1.91. The molecular formula is C15H25NO2. The van der Waals surface area contributed by atoms with Gasteiger partial charge in [0.1, 0.15) is 5.75 Å². The molecule has 0 saturated carbocycles. The quantitative estimate of drug-likeness (QED) is 0.684. The first kappa shape index (κ1) is 15.0. The summed E-state index contributed by atoms with van der Waals surface area (Å²) < 4.78 is 5.68. The van der Waals surface area contributed by atoms with Gasteiger partial charge in [0.05, 0.1) is 13.2 Å². The van der Waals surface area contributed by atoms with E-state index in [4.69, 9.17) is 9.84 Å². The molecular weight excluding hydrogens is 226 g/mol. The van der Waals surface area contributed by atoms with Crippen LogP contribution < -0.4 is 4.74 Å². The highest BCUT2D eigenvalue weighted by Gasteiger charge is 2.02. The summed E-state index contributed by atoms with van der Waals surface area (Å²) in [5.74, 6) is 0.935. The summed E-state index contributed by atoms with van der Waals surface area (Å²) in [4.78, 5) is 2.28. The molecule has 0 aromatic heterocycles. The van der Waals surface area contributed by atoms with Gasteiger partial charge in [0.15, 0.2) is 0 Å². The molecule has 0 atom stereocenters. The van der Waals surface area contributed by atoms with E-state index in [1.165, 1.54) is 5.56 Å². The molecule has 0 aliphatic rings. The van der Waals surface area contributed by atoms with Crippen LogP contribution >= 0.6 is 0 Å². The largest absolute Gasteiger partial charge is 0.494 e. The van der Waals surface area contributed by atoms with E-state index in [0.717, 1.165) is 44.8 Å². The first-order valence-electron chi connectivity index (χ1n) is 6.79. The number of aliphatic hydroxyl groups is 1. The molecule has 0 amide bonds. The summed E-state index contributed by atoms with van der Waals surface area (Å²) in [5, 5.41) is 8.95. The van der Waals surface area contributed by atoms with Crippen LogP contribution in [0.1, 0.15) is 25.3 Å². The molecule has 3 heteroatoms. The van der Waals surface area contributed by atoms with Crippen LogP contribution in [0.15, 0.2) is 24.3 Å². The van der Waals surface area contributed by atoms with Crippen LogP contribution in [0, 0.1) is 6.92 Å². The van der Waals surface area contributed by atoms with Crippen molar-refractivity contribution >= 4 is 0 Å². The van der Waals surface area contributed by atoms with E-state index in [0.29, 0.717) is 0 Å². The first-order valence-corrected chi connectivity index (χ1v) is 6.79. The lowest BCUT2D eigenvalue weighted by Gasteiger charge is -2.20. The Bertz CT molecular complexity index is 305. The van der Waals surface area contributed by atoms with Crippen LogP contribution in [-0.4, -0.2) is 42.9 Å². The highest BCUT2D eigenvalue weighted by molar-refractivity contribution is 5.26. The molecule has 1 aromatic rings. The number of aryl methyl sites for hydroxylation is 1. The van der Waals surface area contributed by atoms with E-state index in [-0.39, 0.29) is 6.61 Å². The van der Waals surface area contributed by atoms with Gasteiger partial charge >= 0.3 is 0 Å². The molecule has 0 bridgehead atoms. The Morgan fingerprint density at radius 3 is 2.44 bits per heavy atom. The van der Waals surface area contributed by atoms with E-state index >= 15 is 0 Å². The Kier molecular flexibility index (Phi) is 7.46. The van der Waals surface area contributed by atoms with Gasteiger partial charge in [-0.15, -0.1) is 0 Å². The van der Waals surface area contributed by atoms with Crippen LogP contribution in [0.25, 0.3) is 0 Å². The van der Waals surface area contributed by atoms with Crippen molar-refractivity contribution in [3.63, 3.8) is 0 Å². The minimum atomic E-state index is 0.235. The molecule has 0 spiro atoms. The molecule has 0 heterocycles. The molecule has 1 rings (SSSR count). The number of aliphatic hydroxyl groups excluding tert-OH is 1. The lowest BCUT2D eigenvalue weighted by molar-refractivity contribution is 0.183. The van der Waals surface area contributed by atoms with Crippen LogP contribution in [0.3, 0.4) is 0 Å². The Balaban J connectivity index is 2.18. The summed E-state index contributed by atoms with van der Waals surface area (Å²) >= 11 is 0. The molecule has 0 aliphatic heterocycles. The highest BCUT2D eigenvalue weighted by Crippen LogP contribution is 2.11. The van der Waals surface area contributed by atoms with E-state index in [1.54, 1.807) is 0 Å². The van der Waals surface area contributed by atoms with Crippen molar-refractivity contribution in [1.82, 2.24) is 4.90 Å². The summed E-state index contributed by atoms with van der Waals surface area (Å²) in [6.45, 7) is 7.99. The number of rotatable bonds is 9. The second kappa shape index (κ2) is 8.95. The Hall–Kier alpha value is -1.06. The number of nitrogens with zero attached hydrogens (tertiary/aromatic N) is 1. The minimum Gasteiger partial charge on any atom is -0.494 e. The Labute approximate surface area is 110 Å². The van der Waals surface area contributed by atoms with Gasteiger partial charge in [-0.05, 0) is 38.4 Å². The minimum absolute atomic E-state index is 0.235. The third kappa shape index (κ3) is 6.03. The molecule has 1 N–H and O–H groups in total. The van der Waals surface area contributed by atoms with E-state index in [2.05, 4.69) is 30.9 Å². The van der Waals surface area contributed by atoms with Crippen molar-refractivity contribution in [2.24, 2.45) is 0 Å². The predicted octanol–water partition coefficient (Wildman–Crippen LogP) is 2.47. The van der Waals surface area contributed by atoms with Crippen molar-refractivity contribution in [3.05, 3.63) is 29.8 Å². The predicted molar refractivity (Wildman–Crippen MR) is 75.1 cm³/mol. The van der Waals surface area contributed by atoms with Crippen LogP contribution in [0.4, 0.5) is 0 Å². The first-order chi connectivity index (χ1) is 8.76. The zero-order valence-corrected chi connectivity index (χ0v) is 11.6. The average Bonchev–Trinajstić information content (AvgIpc) is 2.37. The van der Waals surface area contributed by atoms with Crippen LogP contribution in [0.5, 0.6) is 5.75 Å². The Morgan fingerprint density at radius 2 is 1.83 bits per heavy atom. The second-order valence-electron chi connectivity index (χ2n) is 4.58. The second-order valence-corrected chi connectivity index (χ2v) is 4.58. The van der Waals surface area contributed by atoms with E-state index in [9.17, 15) is 0 Å². The van der Waals surface area contributed by atoms with Gasteiger partial charge in [-0.25, -0.2) is 0 Å². The lowest BCUT2D eigenvalue weighted by Crippen LogP contribution is -2.29. The number of hydrogen-bond acceptors (Lipinski definition) is 3. The number of benzene rings is 1. The topological polar surface area (TPSA) is 32.7 Å². The standard InChI is InChI=1S/C15H25NO2/c1-3-9-16(11-12-17)10-4-13-18-15-7-5-14(2)6-8-15/h5-8,17H,3-4,9-13H2,1-2H3. The average molecular weight is 251 g/mol. The fraction of sp³-hybridized carbons (Fsp3) is 0.600. The van der Waals surface area contributed by atoms with Crippen molar-refractivity contribution in [1.29, 1.82) is 0 Å². The van der Waals surface area contributed by atoms with Gasteiger partial charge in [-0.1, -0.05) is 24.6 Å². The third-order valence-electron chi connectivity index (χ3n) is 2.86. The van der Waals surface area contributed by atoms with E-state index in [1.807, 2.05) is 12.1 Å². The molecule has 1 aromatic carbocycles. The van der Waals surface area contributed by atoms with Gasteiger partial charge in [-0.3, -0.25) is 0 Å². The smallest absolute Gasteiger partial charge is 0.119 e. The number of ether oxygens (including phenoxy) is 1. The van der Waals surface area contributed by atoms with Gasteiger partial charge in [-0.2, -0.15) is 0 Å². The molecule has 0 saturated heterocycles. The molecule has 18 heavy (non-hydrogen) atoms. The molecule has 102 valence electrons. The maximum Gasteiger partial charge on any atom is 0.119 e. The van der Waals surface area contributed by atoms with Crippen molar-refractivity contribution in [3.8, 4) is 5.75 Å². The lowest BCUT2D eigenvalue weighted by atomic mass is 10.2. The molecule has 0 aliphatic carbocycles.